The highest BCUT2D eigenvalue weighted by Crippen LogP contribution is 2.62. The van der Waals surface area contributed by atoms with E-state index in [0.29, 0.717) is 5.92 Å². The van der Waals surface area contributed by atoms with Crippen LogP contribution in [0.2, 0.25) is 0 Å². The van der Waals surface area contributed by atoms with Gasteiger partial charge in [0.1, 0.15) is 4.75 Å². The van der Waals surface area contributed by atoms with Crippen molar-refractivity contribution in [3.8, 4) is 0 Å². The largest absolute Gasteiger partial charge is 0.388 e. The Labute approximate surface area is 129 Å². The fourth-order valence-electron chi connectivity index (χ4n) is 3.85. The average molecular weight is 319 g/mol. The second-order valence-electron chi connectivity index (χ2n) is 7.53. The van der Waals surface area contributed by atoms with E-state index in [4.69, 9.17) is 5.26 Å². The lowest BCUT2D eigenvalue weighted by Gasteiger charge is -2.65. The molecule has 1 amide bonds. The number of aliphatic hydroxyl groups is 1. The third-order valence-corrected chi connectivity index (χ3v) is 6.26. The van der Waals surface area contributed by atoms with Crippen LogP contribution in [0.1, 0.15) is 47.5 Å². The minimum absolute atomic E-state index is 0.128. The first kappa shape index (κ1) is 17.0. The van der Waals surface area contributed by atoms with E-state index >= 15 is 0 Å². The Balaban J connectivity index is 2.03. The van der Waals surface area contributed by atoms with E-state index in [0.717, 1.165) is 24.9 Å². The molecule has 0 saturated heterocycles. The third-order valence-electron chi connectivity index (χ3n) is 5.53. The standard InChI is InChI=1S/C14H25NO5S/c1-12(2)8-6-9(12)14(5,17)10(7-8)15-11(16)13(3,4)21-20-19-18/h8-10,17-18H,6-7H2,1-5H3,(H,15,16). The monoisotopic (exact) mass is 319 g/mol. The first-order valence-electron chi connectivity index (χ1n) is 7.22. The molecule has 4 unspecified atom stereocenters. The van der Waals surface area contributed by atoms with Crippen LogP contribution in [-0.4, -0.2) is 32.7 Å². The maximum Gasteiger partial charge on any atom is 0.238 e. The highest BCUT2D eigenvalue weighted by Gasteiger charge is 2.63. The fourth-order valence-corrected chi connectivity index (χ4v) is 4.18. The minimum atomic E-state index is -0.935. The fraction of sp³-hybridized carbons (Fsp3) is 0.929. The van der Waals surface area contributed by atoms with Crippen molar-refractivity contribution in [3.63, 3.8) is 0 Å². The lowest BCUT2D eigenvalue weighted by molar-refractivity contribution is -0.432. The summed E-state index contributed by atoms with van der Waals surface area (Å²) in [6, 6.07) is -0.267. The number of hydrogen-bond donors (Lipinski definition) is 3. The molecule has 122 valence electrons. The number of carbonyl (C=O) groups excluding carboxylic acids is 1. The van der Waals surface area contributed by atoms with Gasteiger partial charge in [0.15, 0.2) is 0 Å². The Morgan fingerprint density at radius 3 is 2.43 bits per heavy atom. The van der Waals surface area contributed by atoms with Crippen molar-refractivity contribution >= 4 is 17.9 Å². The van der Waals surface area contributed by atoms with Gasteiger partial charge in [-0.1, -0.05) is 18.9 Å². The van der Waals surface area contributed by atoms with Gasteiger partial charge in [-0.3, -0.25) is 4.79 Å². The molecule has 0 aromatic heterocycles. The molecule has 3 aliphatic rings. The first-order valence-corrected chi connectivity index (χ1v) is 7.97. The summed E-state index contributed by atoms with van der Waals surface area (Å²) in [5.74, 6) is 0.469. The predicted octanol–water partition coefficient (Wildman–Crippen LogP) is 2.14. The Morgan fingerprint density at radius 1 is 1.33 bits per heavy atom. The Morgan fingerprint density at radius 2 is 1.95 bits per heavy atom. The molecule has 4 atom stereocenters. The van der Waals surface area contributed by atoms with Crippen LogP contribution >= 0.6 is 12.0 Å². The molecule has 3 aliphatic carbocycles. The molecule has 3 rings (SSSR count). The number of hydrogen-bond acceptors (Lipinski definition) is 6. The molecule has 0 spiro atoms. The number of rotatable bonds is 5. The summed E-state index contributed by atoms with van der Waals surface area (Å²) >= 11 is 0.721. The van der Waals surface area contributed by atoms with E-state index in [9.17, 15) is 9.90 Å². The lowest BCUT2D eigenvalue weighted by Crippen LogP contribution is -2.70. The summed E-state index contributed by atoms with van der Waals surface area (Å²) in [5.41, 5.74) is -0.786. The smallest absolute Gasteiger partial charge is 0.238 e. The SMILES string of the molecule is CC(C)(SOOO)C(=O)NC1CC2CC(C2(C)C)C1(C)O. The molecule has 0 heterocycles. The number of carbonyl (C=O) groups is 1. The Kier molecular flexibility index (Phi) is 4.36. The maximum atomic E-state index is 12.3. The molecule has 0 aromatic carbocycles. The van der Waals surface area contributed by atoms with Gasteiger partial charge in [-0.25, -0.2) is 5.26 Å². The number of amides is 1. The van der Waals surface area contributed by atoms with Gasteiger partial charge in [0, 0.05) is 0 Å². The minimum Gasteiger partial charge on any atom is -0.388 e. The van der Waals surface area contributed by atoms with Gasteiger partial charge in [-0.2, -0.15) is 0 Å². The van der Waals surface area contributed by atoms with Crippen molar-refractivity contribution in [1.82, 2.24) is 5.32 Å². The van der Waals surface area contributed by atoms with E-state index in [1.165, 1.54) is 0 Å². The van der Waals surface area contributed by atoms with Gasteiger partial charge in [0.05, 0.1) is 23.7 Å². The van der Waals surface area contributed by atoms with Crippen molar-refractivity contribution in [2.75, 3.05) is 0 Å². The molecule has 3 fully saturated rings. The highest BCUT2D eigenvalue weighted by molar-refractivity contribution is 7.96. The second kappa shape index (κ2) is 5.38. The molecule has 21 heavy (non-hydrogen) atoms. The van der Waals surface area contributed by atoms with Gasteiger partial charge in [0.2, 0.25) is 5.91 Å². The van der Waals surface area contributed by atoms with Crippen molar-refractivity contribution in [1.29, 1.82) is 0 Å². The quantitative estimate of drug-likeness (QED) is 0.409. The van der Waals surface area contributed by atoms with Crippen molar-refractivity contribution in [3.05, 3.63) is 0 Å². The van der Waals surface area contributed by atoms with E-state index in [1.54, 1.807) is 13.8 Å². The van der Waals surface area contributed by atoms with Crippen molar-refractivity contribution in [2.24, 2.45) is 17.3 Å². The summed E-state index contributed by atoms with van der Waals surface area (Å²) in [5, 5.41) is 25.5. The van der Waals surface area contributed by atoms with Crippen LogP contribution in [0.5, 0.6) is 0 Å². The summed E-state index contributed by atoms with van der Waals surface area (Å²) in [6.45, 7) is 9.50. The van der Waals surface area contributed by atoms with Crippen LogP contribution in [-0.2, 0) is 14.2 Å². The van der Waals surface area contributed by atoms with Gasteiger partial charge in [0.25, 0.3) is 0 Å². The number of fused-ring (bicyclic) bond motifs is 2. The van der Waals surface area contributed by atoms with Crippen LogP contribution in [0, 0.1) is 17.3 Å². The Bertz CT molecular complexity index is 424. The van der Waals surface area contributed by atoms with E-state index in [1.807, 2.05) is 6.92 Å². The molecule has 3 saturated carbocycles. The second-order valence-corrected chi connectivity index (χ2v) is 8.85. The van der Waals surface area contributed by atoms with Crippen LogP contribution in [0.4, 0.5) is 0 Å². The van der Waals surface area contributed by atoms with Crippen LogP contribution in [0.15, 0.2) is 0 Å². The molecule has 3 N–H and O–H groups in total. The zero-order valence-electron chi connectivity index (χ0n) is 13.2. The zero-order chi connectivity index (χ0) is 16.1. The van der Waals surface area contributed by atoms with Gasteiger partial charge >= 0.3 is 0 Å². The first-order chi connectivity index (χ1) is 9.53. The molecule has 0 aromatic rings. The van der Waals surface area contributed by atoms with E-state index in [2.05, 4.69) is 28.5 Å². The van der Waals surface area contributed by atoms with Crippen LogP contribution in [0.3, 0.4) is 0 Å². The zero-order valence-corrected chi connectivity index (χ0v) is 14.0. The molecular weight excluding hydrogens is 294 g/mol. The molecule has 6 nitrogen and oxygen atoms in total. The third kappa shape index (κ3) is 2.82. The van der Waals surface area contributed by atoms with Gasteiger partial charge in [-0.05, 0) is 50.9 Å². The normalized spacial score (nSPS) is 37.8. The topological polar surface area (TPSA) is 88.0 Å². The molecule has 7 heteroatoms. The Hall–Kier alpha value is -0.340. The van der Waals surface area contributed by atoms with E-state index < -0.39 is 10.3 Å². The van der Waals surface area contributed by atoms with Gasteiger partial charge < -0.3 is 10.4 Å². The summed E-state index contributed by atoms with van der Waals surface area (Å²) in [6.07, 6.45) is 1.80. The lowest BCUT2D eigenvalue weighted by atomic mass is 9.43. The van der Waals surface area contributed by atoms with Gasteiger partial charge in [-0.15, -0.1) is 4.33 Å². The van der Waals surface area contributed by atoms with Crippen molar-refractivity contribution < 1.29 is 24.5 Å². The average Bonchev–Trinajstić information content (AvgIpc) is 2.37. The van der Waals surface area contributed by atoms with Crippen LogP contribution < -0.4 is 5.32 Å². The number of nitrogens with one attached hydrogen (secondary N) is 1. The molecular formula is C14H25NO5S. The highest BCUT2D eigenvalue weighted by atomic mass is 32.2. The van der Waals surface area contributed by atoms with Crippen molar-refractivity contribution in [2.45, 2.75) is 63.9 Å². The molecule has 0 radical (unpaired) electrons. The van der Waals surface area contributed by atoms with E-state index in [-0.39, 0.29) is 23.3 Å². The predicted molar refractivity (Wildman–Crippen MR) is 79.0 cm³/mol. The molecule has 2 bridgehead atoms. The van der Waals surface area contributed by atoms with Crippen LogP contribution in [0.25, 0.3) is 0 Å². The summed E-state index contributed by atoms with van der Waals surface area (Å²) in [4.78, 5) is 12.3. The summed E-state index contributed by atoms with van der Waals surface area (Å²) < 4.78 is 3.44. The molecule has 0 aliphatic heterocycles. The summed E-state index contributed by atoms with van der Waals surface area (Å²) in [7, 11) is 0. The maximum absolute atomic E-state index is 12.3.